The van der Waals surface area contributed by atoms with E-state index in [1.807, 2.05) is 0 Å². The predicted octanol–water partition coefficient (Wildman–Crippen LogP) is 3.14. The summed E-state index contributed by atoms with van der Waals surface area (Å²) in [4.78, 5) is 11.8. The molecule has 0 radical (unpaired) electrons. The number of aromatic nitrogens is 2. The summed E-state index contributed by atoms with van der Waals surface area (Å²) < 4.78 is 1.52. The zero-order chi connectivity index (χ0) is 14.0. The van der Waals surface area contributed by atoms with E-state index < -0.39 is 0 Å². The van der Waals surface area contributed by atoms with Gasteiger partial charge in [-0.05, 0) is 12.1 Å². The molecule has 1 amide bonds. The first-order chi connectivity index (χ1) is 8.97. The number of rotatable bonds is 3. The Labute approximate surface area is 124 Å². The minimum atomic E-state index is -0.352. The van der Waals surface area contributed by atoms with Crippen molar-refractivity contribution in [1.82, 2.24) is 15.2 Å². The average Bonchev–Trinajstić information content (AvgIpc) is 2.74. The number of aryl methyl sites for hydroxylation is 1. The molecule has 5 nitrogen and oxygen atoms in total. The van der Waals surface area contributed by atoms with Crippen molar-refractivity contribution in [2.24, 2.45) is 7.05 Å². The summed E-state index contributed by atoms with van der Waals surface area (Å²) in [5.74, 6) is -0.352. The monoisotopic (exact) mass is 318 g/mol. The van der Waals surface area contributed by atoms with Gasteiger partial charge < -0.3 is 0 Å². The fourth-order valence-electron chi connectivity index (χ4n) is 1.39. The zero-order valence-electron chi connectivity index (χ0n) is 9.75. The Bertz CT molecular complexity index is 603. The standard InChI is InChI=1S/C11H9Cl3N4O/c1-18-5-6(4-15-18)11(19)17-16-10-8(13)2-7(12)3-9(10)14/h2-5,16H,1H3,(H,17,19). The molecule has 2 aromatic rings. The highest BCUT2D eigenvalue weighted by atomic mass is 35.5. The molecule has 0 spiro atoms. The predicted molar refractivity (Wildman–Crippen MR) is 75.8 cm³/mol. The Morgan fingerprint density at radius 2 is 1.89 bits per heavy atom. The lowest BCUT2D eigenvalue weighted by atomic mass is 10.3. The molecule has 0 atom stereocenters. The fourth-order valence-corrected chi connectivity index (χ4v) is 2.30. The van der Waals surface area contributed by atoms with Gasteiger partial charge in [-0.3, -0.25) is 20.3 Å². The Morgan fingerprint density at radius 3 is 2.42 bits per heavy atom. The number of halogens is 3. The van der Waals surface area contributed by atoms with Gasteiger partial charge >= 0.3 is 0 Å². The molecule has 0 saturated heterocycles. The van der Waals surface area contributed by atoms with Crippen LogP contribution in [0.25, 0.3) is 0 Å². The first-order valence-electron chi connectivity index (χ1n) is 5.17. The third-order valence-electron chi connectivity index (χ3n) is 2.27. The van der Waals surface area contributed by atoms with E-state index >= 15 is 0 Å². The SMILES string of the molecule is Cn1cc(C(=O)NNc2c(Cl)cc(Cl)cc2Cl)cn1. The Kier molecular flexibility index (Phi) is 4.19. The molecule has 0 aliphatic rings. The summed E-state index contributed by atoms with van der Waals surface area (Å²) in [5.41, 5.74) is 5.93. The maximum atomic E-state index is 11.8. The number of hydrogen-bond donors (Lipinski definition) is 2. The highest BCUT2D eigenvalue weighted by Crippen LogP contribution is 2.33. The van der Waals surface area contributed by atoms with Crippen LogP contribution >= 0.6 is 34.8 Å². The van der Waals surface area contributed by atoms with Gasteiger partial charge in [0.2, 0.25) is 0 Å². The summed E-state index contributed by atoms with van der Waals surface area (Å²) in [5, 5.41) is 4.93. The van der Waals surface area contributed by atoms with Crippen LogP contribution in [-0.4, -0.2) is 15.7 Å². The zero-order valence-corrected chi connectivity index (χ0v) is 12.0. The summed E-state index contributed by atoms with van der Waals surface area (Å²) in [6.07, 6.45) is 3.03. The van der Waals surface area contributed by atoms with Crippen LogP contribution in [0.15, 0.2) is 24.5 Å². The number of amides is 1. The van der Waals surface area contributed by atoms with Crippen molar-refractivity contribution in [3.8, 4) is 0 Å². The van der Waals surface area contributed by atoms with Crippen LogP contribution in [0.4, 0.5) is 5.69 Å². The Balaban J connectivity index is 2.09. The minimum Gasteiger partial charge on any atom is -0.295 e. The van der Waals surface area contributed by atoms with E-state index in [-0.39, 0.29) is 5.91 Å². The van der Waals surface area contributed by atoms with Crippen molar-refractivity contribution in [2.75, 3.05) is 5.43 Å². The van der Waals surface area contributed by atoms with Gasteiger partial charge in [-0.25, -0.2) is 0 Å². The van der Waals surface area contributed by atoms with Gasteiger partial charge in [-0.1, -0.05) is 34.8 Å². The lowest BCUT2D eigenvalue weighted by Gasteiger charge is -2.11. The van der Waals surface area contributed by atoms with E-state index in [0.717, 1.165) is 0 Å². The number of carbonyl (C=O) groups excluding carboxylic acids is 1. The van der Waals surface area contributed by atoms with E-state index in [9.17, 15) is 4.79 Å². The van der Waals surface area contributed by atoms with Crippen molar-refractivity contribution in [3.05, 3.63) is 45.2 Å². The van der Waals surface area contributed by atoms with Gasteiger partial charge in [0.1, 0.15) is 0 Å². The molecule has 0 fully saturated rings. The van der Waals surface area contributed by atoms with Gasteiger partial charge in [0.25, 0.3) is 5.91 Å². The van der Waals surface area contributed by atoms with Gasteiger partial charge in [-0.15, -0.1) is 0 Å². The van der Waals surface area contributed by atoms with E-state index in [1.54, 1.807) is 13.2 Å². The second kappa shape index (κ2) is 5.69. The van der Waals surface area contributed by atoms with E-state index in [1.165, 1.54) is 23.0 Å². The summed E-state index contributed by atoms with van der Waals surface area (Å²) in [6, 6.07) is 3.04. The van der Waals surface area contributed by atoms with Crippen LogP contribution in [0.1, 0.15) is 10.4 Å². The van der Waals surface area contributed by atoms with Crippen molar-refractivity contribution in [2.45, 2.75) is 0 Å². The molecule has 1 aromatic carbocycles. The molecule has 1 aromatic heterocycles. The molecule has 19 heavy (non-hydrogen) atoms. The summed E-state index contributed by atoms with van der Waals surface area (Å²) >= 11 is 17.7. The number of nitrogens with zero attached hydrogens (tertiary/aromatic N) is 2. The second-order valence-corrected chi connectivity index (χ2v) is 4.98. The Hall–Kier alpha value is -1.43. The topological polar surface area (TPSA) is 59.0 Å². The third kappa shape index (κ3) is 3.32. The molecule has 2 rings (SSSR count). The van der Waals surface area contributed by atoms with Crippen LogP contribution < -0.4 is 10.9 Å². The number of benzene rings is 1. The first kappa shape index (κ1) is 14.0. The number of hydrogen-bond acceptors (Lipinski definition) is 3. The van der Waals surface area contributed by atoms with Crippen LogP contribution in [0.5, 0.6) is 0 Å². The summed E-state index contributed by atoms with van der Waals surface area (Å²) in [7, 11) is 1.72. The van der Waals surface area contributed by atoms with Gasteiger partial charge in [0, 0.05) is 18.3 Å². The molecule has 0 bridgehead atoms. The molecule has 0 saturated carbocycles. The van der Waals surface area contributed by atoms with Crippen LogP contribution in [0.3, 0.4) is 0 Å². The largest absolute Gasteiger partial charge is 0.295 e. The average molecular weight is 320 g/mol. The quantitative estimate of drug-likeness (QED) is 0.855. The maximum absolute atomic E-state index is 11.8. The van der Waals surface area contributed by atoms with E-state index in [4.69, 9.17) is 34.8 Å². The molecule has 0 aliphatic carbocycles. The Morgan fingerprint density at radius 1 is 1.26 bits per heavy atom. The van der Waals surface area contributed by atoms with Gasteiger partial charge in [0.15, 0.2) is 0 Å². The lowest BCUT2D eigenvalue weighted by Crippen LogP contribution is -2.29. The van der Waals surface area contributed by atoms with Crippen molar-refractivity contribution in [1.29, 1.82) is 0 Å². The number of hydrazine groups is 1. The van der Waals surface area contributed by atoms with Crippen molar-refractivity contribution in [3.63, 3.8) is 0 Å². The fraction of sp³-hybridized carbons (Fsp3) is 0.0909. The molecular formula is C11H9Cl3N4O. The van der Waals surface area contributed by atoms with Gasteiger partial charge in [0.05, 0.1) is 27.5 Å². The molecule has 8 heteroatoms. The normalized spacial score (nSPS) is 10.3. The smallest absolute Gasteiger partial charge is 0.272 e. The number of carbonyl (C=O) groups is 1. The molecule has 100 valence electrons. The number of nitrogens with one attached hydrogen (secondary N) is 2. The van der Waals surface area contributed by atoms with Gasteiger partial charge in [-0.2, -0.15) is 5.10 Å². The summed E-state index contributed by atoms with van der Waals surface area (Å²) in [6.45, 7) is 0. The maximum Gasteiger partial charge on any atom is 0.272 e. The molecule has 1 heterocycles. The highest BCUT2D eigenvalue weighted by molar-refractivity contribution is 6.41. The molecule has 0 unspecified atom stereocenters. The van der Waals surface area contributed by atoms with E-state index in [2.05, 4.69) is 16.0 Å². The van der Waals surface area contributed by atoms with Crippen molar-refractivity contribution >= 4 is 46.4 Å². The van der Waals surface area contributed by atoms with Crippen LogP contribution in [-0.2, 0) is 7.05 Å². The second-order valence-electron chi connectivity index (χ2n) is 3.73. The van der Waals surface area contributed by atoms with Crippen molar-refractivity contribution < 1.29 is 4.79 Å². The molecule has 0 aliphatic heterocycles. The first-order valence-corrected chi connectivity index (χ1v) is 6.30. The van der Waals surface area contributed by atoms with Crippen LogP contribution in [0, 0.1) is 0 Å². The highest BCUT2D eigenvalue weighted by Gasteiger charge is 2.11. The van der Waals surface area contributed by atoms with E-state index in [0.29, 0.717) is 26.3 Å². The molecule has 2 N–H and O–H groups in total. The molecular weight excluding hydrogens is 311 g/mol. The lowest BCUT2D eigenvalue weighted by molar-refractivity contribution is 0.0962. The van der Waals surface area contributed by atoms with Crippen LogP contribution in [0.2, 0.25) is 15.1 Å². The minimum absolute atomic E-state index is 0.309. The number of anilines is 1. The third-order valence-corrected chi connectivity index (χ3v) is 3.09.